The second-order valence-electron chi connectivity index (χ2n) is 9.60. The Kier molecular flexibility index (Phi) is 2.76. The first-order valence-electron chi connectivity index (χ1n) is 9.01. The van der Waals surface area contributed by atoms with Crippen molar-refractivity contribution in [2.75, 3.05) is 0 Å². The molecule has 0 saturated heterocycles. The fraction of sp³-hybridized carbons (Fsp3) is 0.800. The minimum Gasteiger partial charge on any atom is -0.104 e. The van der Waals surface area contributed by atoms with Gasteiger partial charge in [0.2, 0.25) is 0 Å². The van der Waals surface area contributed by atoms with E-state index in [0.29, 0.717) is 10.8 Å². The lowest BCUT2D eigenvalue weighted by atomic mass is 9.37. The number of fused-ring (bicyclic) bond motifs is 2. The Morgan fingerprint density at radius 1 is 0.810 bits per heavy atom. The topological polar surface area (TPSA) is 0 Å². The van der Waals surface area contributed by atoms with Gasteiger partial charge in [0.25, 0.3) is 0 Å². The largest absolute Gasteiger partial charge is 0.180 e. The fourth-order valence-corrected chi connectivity index (χ4v) is 6.04. The first-order chi connectivity index (χ1) is 9.73. The van der Waals surface area contributed by atoms with Crippen LogP contribution in [-0.4, -0.2) is 7.28 Å². The van der Waals surface area contributed by atoms with Crippen molar-refractivity contribution in [3.8, 4) is 0 Å². The molecule has 6 aliphatic rings. The average Bonchev–Trinajstić information content (AvgIpc) is 2.41. The molecule has 6 atom stereocenters. The van der Waals surface area contributed by atoms with Gasteiger partial charge in [0.1, 0.15) is 0 Å². The summed E-state index contributed by atoms with van der Waals surface area (Å²) in [6, 6.07) is 0. The smallest absolute Gasteiger partial charge is 0.104 e. The third-order valence-electron chi connectivity index (χ3n) is 8.22. The summed E-state index contributed by atoms with van der Waals surface area (Å²) in [6.07, 6.45) is 8.09. The van der Waals surface area contributed by atoms with Crippen molar-refractivity contribution in [2.45, 2.75) is 54.4 Å². The Labute approximate surface area is 131 Å². The molecule has 1 heteroatoms. The summed E-state index contributed by atoms with van der Waals surface area (Å²) in [4.78, 5) is 0. The molecule has 0 aromatic carbocycles. The minimum absolute atomic E-state index is 0.549. The molecule has 6 aliphatic carbocycles. The molecule has 4 bridgehead atoms. The van der Waals surface area contributed by atoms with E-state index in [0.717, 1.165) is 35.5 Å². The first kappa shape index (κ1) is 14.2. The summed E-state index contributed by atoms with van der Waals surface area (Å²) < 4.78 is 0. The van der Waals surface area contributed by atoms with Gasteiger partial charge in [-0.2, -0.15) is 0 Å². The lowest BCUT2D eigenvalue weighted by molar-refractivity contribution is -0.0302. The molecule has 1 radical (unpaired) electrons. The quantitative estimate of drug-likeness (QED) is 0.619. The predicted octanol–water partition coefficient (Wildman–Crippen LogP) is 5.08. The minimum atomic E-state index is 0.549. The highest BCUT2D eigenvalue weighted by atomic mass is 14.6. The fourth-order valence-electron chi connectivity index (χ4n) is 6.04. The number of hydrogen-bond donors (Lipinski definition) is 0. The summed E-state index contributed by atoms with van der Waals surface area (Å²) >= 11 is 0. The highest BCUT2D eigenvalue weighted by Gasteiger charge is 2.55. The van der Waals surface area contributed by atoms with Gasteiger partial charge in [-0.05, 0) is 59.2 Å². The lowest BCUT2D eigenvalue weighted by Crippen LogP contribution is -2.53. The molecule has 0 N–H and O–H groups in total. The normalized spacial score (nSPS) is 48.5. The Bertz CT molecular complexity index is 488. The number of hydrogen-bond acceptors (Lipinski definition) is 0. The average molecular weight is 281 g/mol. The van der Waals surface area contributed by atoms with Gasteiger partial charge >= 0.3 is 0 Å². The van der Waals surface area contributed by atoms with Crippen LogP contribution in [0.3, 0.4) is 0 Å². The van der Waals surface area contributed by atoms with Crippen molar-refractivity contribution in [2.24, 2.45) is 46.3 Å². The molecule has 21 heavy (non-hydrogen) atoms. The van der Waals surface area contributed by atoms with Crippen LogP contribution in [0.15, 0.2) is 23.1 Å². The van der Waals surface area contributed by atoms with E-state index in [1.54, 1.807) is 10.9 Å². The van der Waals surface area contributed by atoms with Gasteiger partial charge in [0.05, 0.1) is 0 Å². The van der Waals surface area contributed by atoms with Crippen molar-refractivity contribution < 1.29 is 0 Å². The summed E-state index contributed by atoms with van der Waals surface area (Å²) in [5.74, 6) is 4.98. The van der Waals surface area contributed by atoms with Gasteiger partial charge in [0, 0.05) is 0 Å². The van der Waals surface area contributed by atoms with E-state index in [1.807, 2.05) is 0 Å². The molecule has 2 fully saturated rings. The van der Waals surface area contributed by atoms with Crippen LogP contribution in [0, 0.1) is 46.3 Å². The van der Waals surface area contributed by atoms with Gasteiger partial charge < -0.3 is 0 Å². The molecule has 113 valence electrons. The van der Waals surface area contributed by atoms with Crippen LogP contribution in [0.25, 0.3) is 0 Å². The molecule has 2 saturated carbocycles. The maximum Gasteiger partial charge on any atom is 0.180 e. The zero-order valence-electron chi connectivity index (χ0n) is 14.6. The van der Waals surface area contributed by atoms with Crippen LogP contribution >= 0.6 is 0 Å². The van der Waals surface area contributed by atoms with E-state index in [2.05, 4.69) is 61.0 Å². The molecule has 0 aromatic heterocycles. The van der Waals surface area contributed by atoms with Gasteiger partial charge in [-0.1, -0.05) is 53.7 Å². The molecule has 0 nitrogen and oxygen atoms in total. The molecule has 6 rings (SSSR count). The van der Waals surface area contributed by atoms with Gasteiger partial charge in [0.15, 0.2) is 7.28 Å². The van der Waals surface area contributed by atoms with E-state index in [4.69, 9.17) is 0 Å². The molecule has 0 aromatic rings. The third kappa shape index (κ3) is 1.70. The monoisotopic (exact) mass is 281 g/mol. The van der Waals surface area contributed by atoms with E-state index >= 15 is 0 Å². The zero-order chi connectivity index (χ0) is 15.2. The molecule has 0 heterocycles. The molecule has 6 unspecified atom stereocenters. The van der Waals surface area contributed by atoms with Crippen LogP contribution < -0.4 is 0 Å². The third-order valence-corrected chi connectivity index (χ3v) is 8.22. The van der Waals surface area contributed by atoms with Crippen LogP contribution in [0.2, 0.25) is 0 Å². The van der Waals surface area contributed by atoms with Crippen LogP contribution in [0.4, 0.5) is 0 Å². The highest BCUT2D eigenvalue weighted by molar-refractivity contribution is 6.54. The SMILES string of the molecule is CC1C([B]C2=CC3CC(C2C)C3(C)C)=CC2CC1C2(C)C. The Hall–Kier alpha value is -0.455. The van der Waals surface area contributed by atoms with Crippen LogP contribution in [-0.2, 0) is 0 Å². The highest BCUT2D eigenvalue weighted by Crippen LogP contribution is 2.62. The summed E-state index contributed by atoms with van der Waals surface area (Å²) in [5.41, 5.74) is 4.39. The Morgan fingerprint density at radius 3 is 1.48 bits per heavy atom. The van der Waals surface area contributed by atoms with Gasteiger partial charge in [-0.3, -0.25) is 0 Å². The second kappa shape index (κ2) is 4.09. The number of allylic oxidation sites excluding steroid dienone is 4. The molecular formula is C20H30B. The van der Waals surface area contributed by atoms with Gasteiger partial charge in [-0.15, -0.1) is 10.9 Å². The summed E-state index contributed by atoms with van der Waals surface area (Å²) in [7, 11) is 2.58. The molecule has 0 spiro atoms. The van der Waals surface area contributed by atoms with Crippen molar-refractivity contribution in [1.29, 1.82) is 0 Å². The van der Waals surface area contributed by atoms with E-state index in [-0.39, 0.29) is 0 Å². The van der Waals surface area contributed by atoms with Gasteiger partial charge in [-0.25, -0.2) is 0 Å². The second-order valence-corrected chi connectivity index (χ2v) is 9.60. The number of rotatable bonds is 2. The maximum absolute atomic E-state index is 2.61. The zero-order valence-corrected chi connectivity index (χ0v) is 14.6. The van der Waals surface area contributed by atoms with E-state index in [1.165, 1.54) is 12.8 Å². The standard InChI is InChI=1S/C20H30B/c1-11-15-7-13(19(15,3)4)9-17(11)21-18-10-14-8-16(12(18)2)20(14,5)6/h9-16H,7-8H2,1-6H3. The summed E-state index contributed by atoms with van der Waals surface area (Å²) in [6.45, 7) is 14.8. The molecule has 0 amide bonds. The first-order valence-corrected chi connectivity index (χ1v) is 9.01. The van der Waals surface area contributed by atoms with Crippen molar-refractivity contribution in [1.82, 2.24) is 0 Å². The predicted molar refractivity (Wildman–Crippen MR) is 91.0 cm³/mol. The van der Waals surface area contributed by atoms with Crippen molar-refractivity contribution in [3.63, 3.8) is 0 Å². The Balaban J connectivity index is 1.56. The summed E-state index contributed by atoms with van der Waals surface area (Å²) in [5, 5.41) is 0. The molecular weight excluding hydrogens is 251 g/mol. The van der Waals surface area contributed by atoms with E-state index in [9.17, 15) is 0 Å². The van der Waals surface area contributed by atoms with Crippen LogP contribution in [0.5, 0.6) is 0 Å². The molecule has 0 aliphatic heterocycles. The van der Waals surface area contributed by atoms with Crippen molar-refractivity contribution >= 4 is 7.28 Å². The van der Waals surface area contributed by atoms with Crippen LogP contribution in [0.1, 0.15) is 54.4 Å². The van der Waals surface area contributed by atoms with Crippen molar-refractivity contribution in [3.05, 3.63) is 23.1 Å². The Morgan fingerprint density at radius 2 is 1.19 bits per heavy atom. The van der Waals surface area contributed by atoms with E-state index < -0.39 is 0 Å². The maximum atomic E-state index is 2.61. The lowest BCUT2D eigenvalue weighted by Gasteiger charge is -2.60.